The van der Waals surface area contributed by atoms with Gasteiger partial charge in [0.1, 0.15) is 17.0 Å². The number of nitrogens with one attached hydrogen (secondary N) is 1. The Bertz CT molecular complexity index is 912. The fourth-order valence-electron chi connectivity index (χ4n) is 2.83. The Morgan fingerprint density at radius 1 is 1.28 bits per heavy atom. The quantitative estimate of drug-likeness (QED) is 0.769. The molecule has 1 N–H and O–H groups in total. The molecule has 3 rings (SSSR count). The standard InChI is InChI=1S/C18H19ClN4O2/c1-10(15-9-23(4)21-11(15)2)20-18(24)16-12(3)25-22-17(16)13-5-7-14(19)8-6-13/h5-10H,1-4H3,(H,20,24)/t10-/m0/s1. The Balaban J connectivity index is 1.89. The summed E-state index contributed by atoms with van der Waals surface area (Å²) in [5.41, 5.74) is 3.56. The normalized spacial score (nSPS) is 12.2. The van der Waals surface area contributed by atoms with E-state index in [1.54, 1.807) is 23.7 Å². The van der Waals surface area contributed by atoms with E-state index >= 15 is 0 Å². The average molecular weight is 359 g/mol. The summed E-state index contributed by atoms with van der Waals surface area (Å²) in [5, 5.41) is 12.0. The van der Waals surface area contributed by atoms with Crippen LogP contribution in [0.4, 0.5) is 0 Å². The smallest absolute Gasteiger partial charge is 0.257 e. The van der Waals surface area contributed by atoms with Gasteiger partial charge in [-0.2, -0.15) is 5.10 Å². The summed E-state index contributed by atoms with van der Waals surface area (Å²) >= 11 is 5.93. The fourth-order valence-corrected chi connectivity index (χ4v) is 2.96. The molecule has 1 atom stereocenters. The first-order valence-corrected chi connectivity index (χ1v) is 8.28. The largest absolute Gasteiger partial charge is 0.360 e. The lowest BCUT2D eigenvalue weighted by Gasteiger charge is -2.13. The molecule has 6 nitrogen and oxygen atoms in total. The Morgan fingerprint density at radius 3 is 2.56 bits per heavy atom. The number of hydrogen-bond acceptors (Lipinski definition) is 4. The van der Waals surface area contributed by atoms with Crippen molar-refractivity contribution in [2.75, 3.05) is 0 Å². The third kappa shape index (κ3) is 3.44. The number of aromatic nitrogens is 3. The summed E-state index contributed by atoms with van der Waals surface area (Å²) in [6.07, 6.45) is 1.90. The minimum Gasteiger partial charge on any atom is -0.360 e. The highest BCUT2D eigenvalue weighted by Crippen LogP contribution is 2.27. The Labute approximate surface area is 150 Å². The first-order valence-electron chi connectivity index (χ1n) is 7.90. The molecule has 0 bridgehead atoms. The van der Waals surface area contributed by atoms with E-state index in [4.69, 9.17) is 16.1 Å². The summed E-state index contributed by atoms with van der Waals surface area (Å²) in [7, 11) is 1.85. The van der Waals surface area contributed by atoms with Gasteiger partial charge in [-0.15, -0.1) is 0 Å². The SMILES string of the molecule is Cc1nn(C)cc1[C@H](C)NC(=O)c1c(-c2ccc(Cl)cc2)noc1C. The van der Waals surface area contributed by atoms with Crippen LogP contribution in [0.25, 0.3) is 11.3 Å². The zero-order chi connectivity index (χ0) is 18.1. The first-order chi connectivity index (χ1) is 11.9. The lowest BCUT2D eigenvalue weighted by atomic mass is 10.0. The van der Waals surface area contributed by atoms with Crippen LogP contribution in [0, 0.1) is 13.8 Å². The highest BCUT2D eigenvalue weighted by molar-refractivity contribution is 6.30. The van der Waals surface area contributed by atoms with Gasteiger partial charge < -0.3 is 9.84 Å². The van der Waals surface area contributed by atoms with Crippen LogP contribution < -0.4 is 5.32 Å². The number of halogens is 1. The topological polar surface area (TPSA) is 73.0 Å². The van der Waals surface area contributed by atoms with E-state index in [0.717, 1.165) is 16.8 Å². The number of rotatable bonds is 4. The van der Waals surface area contributed by atoms with E-state index in [9.17, 15) is 4.79 Å². The van der Waals surface area contributed by atoms with Crippen molar-refractivity contribution in [1.82, 2.24) is 20.3 Å². The number of amides is 1. The summed E-state index contributed by atoms with van der Waals surface area (Å²) in [6.45, 7) is 5.57. The van der Waals surface area contributed by atoms with Gasteiger partial charge in [-0.1, -0.05) is 28.9 Å². The molecule has 0 radical (unpaired) electrons. The summed E-state index contributed by atoms with van der Waals surface area (Å²) < 4.78 is 6.99. The molecule has 0 spiro atoms. The second-order valence-electron chi connectivity index (χ2n) is 6.01. The lowest BCUT2D eigenvalue weighted by molar-refractivity contribution is 0.0939. The van der Waals surface area contributed by atoms with Crippen LogP contribution >= 0.6 is 11.6 Å². The molecule has 25 heavy (non-hydrogen) atoms. The van der Waals surface area contributed by atoms with Crippen LogP contribution in [-0.4, -0.2) is 20.8 Å². The van der Waals surface area contributed by atoms with E-state index < -0.39 is 0 Å². The van der Waals surface area contributed by atoms with Gasteiger partial charge in [0.25, 0.3) is 5.91 Å². The number of nitrogens with zero attached hydrogens (tertiary/aromatic N) is 3. The second-order valence-corrected chi connectivity index (χ2v) is 6.44. The molecule has 7 heteroatoms. The monoisotopic (exact) mass is 358 g/mol. The van der Waals surface area contributed by atoms with Crippen molar-refractivity contribution in [1.29, 1.82) is 0 Å². The van der Waals surface area contributed by atoms with Crippen molar-refractivity contribution < 1.29 is 9.32 Å². The molecule has 0 unspecified atom stereocenters. The molecule has 1 amide bonds. The van der Waals surface area contributed by atoms with Crippen LogP contribution in [0.3, 0.4) is 0 Å². The van der Waals surface area contributed by atoms with Crippen LogP contribution in [0.5, 0.6) is 0 Å². The Kier molecular flexibility index (Phi) is 4.63. The minimum absolute atomic E-state index is 0.187. The van der Waals surface area contributed by atoms with Gasteiger partial charge in [0, 0.05) is 29.4 Å². The van der Waals surface area contributed by atoms with Crippen LogP contribution in [0.1, 0.15) is 40.3 Å². The first kappa shape index (κ1) is 17.2. The van der Waals surface area contributed by atoms with Crippen molar-refractivity contribution in [2.45, 2.75) is 26.8 Å². The van der Waals surface area contributed by atoms with E-state index in [1.165, 1.54) is 0 Å². The molecule has 3 aromatic rings. The molecule has 0 aliphatic heterocycles. The predicted molar refractivity (Wildman–Crippen MR) is 95.5 cm³/mol. The number of benzene rings is 1. The summed E-state index contributed by atoms with van der Waals surface area (Å²) in [6, 6.07) is 6.94. The van der Waals surface area contributed by atoms with Gasteiger partial charge >= 0.3 is 0 Å². The fraction of sp³-hybridized carbons (Fsp3) is 0.278. The van der Waals surface area contributed by atoms with Crippen molar-refractivity contribution in [3.63, 3.8) is 0 Å². The van der Waals surface area contributed by atoms with Crippen molar-refractivity contribution in [3.05, 3.63) is 58.1 Å². The van der Waals surface area contributed by atoms with Gasteiger partial charge in [0.15, 0.2) is 0 Å². The van der Waals surface area contributed by atoms with E-state index in [-0.39, 0.29) is 11.9 Å². The van der Waals surface area contributed by atoms with E-state index in [2.05, 4.69) is 15.6 Å². The summed E-state index contributed by atoms with van der Waals surface area (Å²) in [5.74, 6) is 0.233. The maximum Gasteiger partial charge on any atom is 0.257 e. The van der Waals surface area contributed by atoms with Gasteiger partial charge in [-0.3, -0.25) is 9.48 Å². The zero-order valence-electron chi connectivity index (χ0n) is 14.5. The zero-order valence-corrected chi connectivity index (χ0v) is 15.3. The van der Waals surface area contributed by atoms with Crippen LogP contribution in [0.15, 0.2) is 35.0 Å². The highest BCUT2D eigenvalue weighted by atomic mass is 35.5. The van der Waals surface area contributed by atoms with E-state index in [0.29, 0.717) is 22.0 Å². The van der Waals surface area contributed by atoms with Gasteiger partial charge in [-0.05, 0) is 32.9 Å². The number of hydrogen-bond donors (Lipinski definition) is 1. The molecule has 0 aliphatic rings. The molecule has 0 saturated heterocycles. The van der Waals surface area contributed by atoms with Crippen molar-refractivity contribution >= 4 is 17.5 Å². The molecular formula is C18H19ClN4O2. The molecule has 0 aliphatic carbocycles. The molecule has 0 fully saturated rings. The summed E-state index contributed by atoms with van der Waals surface area (Å²) in [4.78, 5) is 12.8. The lowest BCUT2D eigenvalue weighted by Crippen LogP contribution is -2.27. The second kappa shape index (κ2) is 6.72. The minimum atomic E-state index is -0.237. The Hall–Kier alpha value is -2.60. The average Bonchev–Trinajstić information content (AvgIpc) is 3.10. The third-order valence-electron chi connectivity index (χ3n) is 4.07. The van der Waals surface area contributed by atoms with Crippen molar-refractivity contribution in [3.8, 4) is 11.3 Å². The highest BCUT2D eigenvalue weighted by Gasteiger charge is 2.24. The van der Waals surface area contributed by atoms with Gasteiger partial charge in [0.05, 0.1) is 11.7 Å². The maximum absolute atomic E-state index is 12.8. The van der Waals surface area contributed by atoms with Crippen molar-refractivity contribution in [2.24, 2.45) is 7.05 Å². The van der Waals surface area contributed by atoms with Gasteiger partial charge in [0.2, 0.25) is 0 Å². The molecule has 130 valence electrons. The van der Waals surface area contributed by atoms with Crippen LogP contribution in [-0.2, 0) is 7.05 Å². The van der Waals surface area contributed by atoms with E-state index in [1.807, 2.05) is 39.2 Å². The molecular weight excluding hydrogens is 340 g/mol. The molecule has 2 aromatic heterocycles. The predicted octanol–water partition coefficient (Wildman–Crippen LogP) is 3.84. The molecule has 2 heterocycles. The molecule has 0 saturated carbocycles. The van der Waals surface area contributed by atoms with Crippen LogP contribution in [0.2, 0.25) is 5.02 Å². The maximum atomic E-state index is 12.8. The number of aryl methyl sites for hydroxylation is 3. The Morgan fingerprint density at radius 2 is 1.96 bits per heavy atom. The number of carbonyl (C=O) groups excluding carboxylic acids is 1. The number of carbonyl (C=O) groups is 1. The third-order valence-corrected chi connectivity index (χ3v) is 4.32. The molecule has 1 aromatic carbocycles. The van der Waals surface area contributed by atoms with Gasteiger partial charge in [-0.25, -0.2) is 0 Å².